The highest BCUT2D eigenvalue weighted by molar-refractivity contribution is 5.80. The summed E-state index contributed by atoms with van der Waals surface area (Å²) in [6.45, 7) is 2.07. The highest BCUT2D eigenvalue weighted by atomic mass is 16.1. The maximum absolute atomic E-state index is 12.5. The minimum atomic E-state index is -0.0704. The van der Waals surface area contributed by atoms with Crippen LogP contribution in [0.2, 0.25) is 0 Å². The Hall–Kier alpha value is -2.42. The van der Waals surface area contributed by atoms with E-state index in [0.29, 0.717) is 5.39 Å². The second-order valence-electron chi connectivity index (χ2n) is 4.43. The van der Waals surface area contributed by atoms with E-state index in [1.807, 2.05) is 48.5 Å². The lowest BCUT2D eigenvalue weighted by Gasteiger charge is -2.09. The number of aryl methyl sites for hydroxylation is 1. The number of aromatic nitrogens is 2. The van der Waals surface area contributed by atoms with Crippen LogP contribution < -0.4 is 5.56 Å². The van der Waals surface area contributed by atoms with Crippen LogP contribution in [0, 0.1) is 0 Å². The average Bonchev–Trinajstić information content (AvgIpc) is 2.48. The Morgan fingerprint density at radius 2 is 1.79 bits per heavy atom. The molecule has 1 heterocycles. The Morgan fingerprint density at radius 1 is 1.05 bits per heavy atom. The molecule has 0 spiro atoms. The van der Waals surface area contributed by atoms with Gasteiger partial charge in [-0.1, -0.05) is 43.3 Å². The van der Waals surface area contributed by atoms with Crippen LogP contribution in [0.1, 0.15) is 12.5 Å². The predicted octanol–water partition coefficient (Wildman–Crippen LogP) is 2.95. The average molecular weight is 250 g/mol. The summed E-state index contributed by atoms with van der Waals surface area (Å²) in [5.41, 5.74) is 1.91. The third-order valence-corrected chi connectivity index (χ3v) is 3.30. The van der Waals surface area contributed by atoms with Crippen LogP contribution in [0.15, 0.2) is 59.5 Å². The van der Waals surface area contributed by atoms with Crippen LogP contribution in [0.5, 0.6) is 0 Å². The van der Waals surface area contributed by atoms with Gasteiger partial charge in [0, 0.05) is 5.39 Å². The lowest BCUT2D eigenvalue weighted by atomic mass is 10.1. The van der Waals surface area contributed by atoms with Crippen LogP contribution in [-0.4, -0.2) is 9.78 Å². The van der Waals surface area contributed by atoms with Gasteiger partial charge in [-0.15, -0.1) is 0 Å². The number of hydrogen-bond acceptors (Lipinski definition) is 2. The molecule has 0 aliphatic heterocycles. The molecule has 3 nitrogen and oxygen atoms in total. The first kappa shape index (κ1) is 11.7. The number of hydrogen-bond donors (Lipinski definition) is 0. The van der Waals surface area contributed by atoms with E-state index < -0.39 is 0 Å². The first-order valence-corrected chi connectivity index (χ1v) is 6.36. The molecule has 0 atom stereocenters. The predicted molar refractivity (Wildman–Crippen MR) is 76.7 cm³/mol. The topological polar surface area (TPSA) is 34.9 Å². The maximum Gasteiger partial charge on any atom is 0.279 e. The lowest BCUT2D eigenvalue weighted by Crippen LogP contribution is -2.21. The molecule has 0 fully saturated rings. The summed E-state index contributed by atoms with van der Waals surface area (Å²) in [7, 11) is 0. The van der Waals surface area contributed by atoms with Crippen molar-refractivity contribution in [2.24, 2.45) is 0 Å². The summed E-state index contributed by atoms with van der Waals surface area (Å²) in [6, 6.07) is 15.4. The smallest absolute Gasteiger partial charge is 0.267 e. The van der Waals surface area contributed by atoms with Crippen LogP contribution in [-0.2, 0) is 6.42 Å². The fourth-order valence-electron chi connectivity index (χ4n) is 2.28. The van der Waals surface area contributed by atoms with E-state index in [-0.39, 0.29) is 5.56 Å². The second-order valence-corrected chi connectivity index (χ2v) is 4.43. The largest absolute Gasteiger partial charge is 0.279 e. The minimum absolute atomic E-state index is 0.0704. The van der Waals surface area contributed by atoms with Gasteiger partial charge < -0.3 is 0 Å². The van der Waals surface area contributed by atoms with Crippen molar-refractivity contribution in [1.29, 1.82) is 0 Å². The van der Waals surface area contributed by atoms with Gasteiger partial charge in [0.05, 0.1) is 17.3 Å². The lowest BCUT2D eigenvalue weighted by molar-refractivity contribution is 0.808. The highest BCUT2D eigenvalue weighted by Gasteiger charge is 2.08. The van der Waals surface area contributed by atoms with Crippen molar-refractivity contribution < 1.29 is 0 Å². The molecule has 19 heavy (non-hydrogen) atoms. The van der Waals surface area contributed by atoms with E-state index in [1.165, 1.54) is 4.68 Å². The van der Waals surface area contributed by atoms with Gasteiger partial charge in [-0.2, -0.15) is 9.78 Å². The molecule has 0 unspecified atom stereocenters. The highest BCUT2D eigenvalue weighted by Crippen LogP contribution is 2.14. The maximum atomic E-state index is 12.5. The summed E-state index contributed by atoms with van der Waals surface area (Å²) in [5.74, 6) is 0. The fraction of sp³-hybridized carbons (Fsp3) is 0.125. The standard InChI is InChI=1S/C16H14N2O/c1-2-12-7-4-6-10-15(12)18-16(19)14-9-5-3-8-13(14)11-17-18/h3-11H,2H2,1H3. The van der Waals surface area contributed by atoms with Crippen LogP contribution in [0.4, 0.5) is 0 Å². The summed E-state index contributed by atoms with van der Waals surface area (Å²) < 4.78 is 1.49. The van der Waals surface area contributed by atoms with E-state index in [0.717, 1.165) is 23.1 Å². The molecule has 0 radical (unpaired) electrons. The monoisotopic (exact) mass is 250 g/mol. The Labute approximate surface area is 111 Å². The van der Waals surface area contributed by atoms with E-state index in [4.69, 9.17) is 0 Å². The second kappa shape index (κ2) is 4.69. The van der Waals surface area contributed by atoms with Crippen molar-refractivity contribution >= 4 is 10.8 Å². The van der Waals surface area contributed by atoms with Crippen molar-refractivity contribution in [3.63, 3.8) is 0 Å². The molecular formula is C16H14N2O. The van der Waals surface area contributed by atoms with Gasteiger partial charge >= 0.3 is 0 Å². The molecule has 3 aromatic rings. The Morgan fingerprint density at radius 3 is 2.63 bits per heavy atom. The first-order valence-electron chi connectivity index (χ1n) is 6.36. The molecule has 0 N–H and O–H groups in total. The molecule has 0 amide bonds. The van der Waals surface area contributed by atoms with Crippen LogP contribution in [0.25, 0.3) is 16.5 Å². The molecule has 0 saturated heterocycles. The fourth-order valence-corrected chi connectivity index (χ4v) is 2.28. The molecule has 94 valence electrons. The quantitative estimate of drug-likeness (QED) is 0.701. The van der Waals surface area contributed by atoms with Crippen LogP contribution in [0.3, 0.4) is 0 Å². The summed E-state index contributed by atoms with van der Waals surface area (Å²) in [5, 5.41) is 5.86. The van der Waals surface area contributed by atoms with Gasteiger partial charge in [-0.3, -0.25) is 4.79 Å². The van der Waals surface area contributed by atoms with Crippen molar-refractivity contribution in [3.8, 4) is 5.69 Å². The molecule has 3 heteroatoms. The molecule has 0 saturated carbocycles. The molecule has 0 aliphatic rings. The van der Waals surface area contributed by atoms with Crippen LogP contribution >= 0.6 is 0 Å². The third-order valence-electron chi connectivity index (χ3n) is 3.30. The zero-order chi connectivity index (χ0) is 13.2. The normalized spacial score (nSPS) is 10.8. The summed E-state index contributed by atoms with van der Waals surface area (Å²) in [6.07, 6.45) is 2.61. The van der Waals surface area contributed by atoms with Gasteiger partial charge in [0.1, 0.15) is 0 Å². The SMILES string of the molecule is CCc1ccccc1-n1ncc2ccccc2c1=O. The van der Waals surface area contributed by atoms with E-state index >= 15 is 0 Å². The van der Waals surface area contributed by atoms with E-state index in [2.05, 4.69) is 12.0 Å². The molecule has 0 aliphatic carbocycles. The molecule has 1 aromatic heterocycles. The first-order chi connectivity index (χ1) is 9.31. The van der Waals surface area contributed by atoms with Crippen molar-refractivity contribution in [2.45, 2.75) is 13.3 Å². The number of benzene rings is 2. The Bertz CT molecular complexity index is 790. The summed E-state index contributed by atoms with van der Waals surface area (Å²) in [4.78, 5) is 12.5. The number of para-hydroxylation sites is 1. The third kappa shape index (κ3) is 1.93. The minimum Gasteiger partial charge on any atom is -0.267 e. The van der Waals surface area contributed by atoms with Gasteiger partial charge in [-0.05, 0) is 24.1 Å². The van der Waals surface area contributed by atoms with Gasteiger partial charge in [-0.25, -0.2) is 0 Å². The Balaban J connectivity index is 2.32. The van der Waals surface area contributed by atoms with Gasteiger partial charge in [0.25, 0.3) is 5.56 Å². The number of fused-ring (bicyclic) bond motifs is 1. The molecular weight excluding hydrogens is 236 g/mol. The number of rotatable bonds is 2. The van der Waals surface area contributed by atoms with E-state index in [9.17, 15) is 4.79 Å². The van der Waals surface area contributed by atoms with Crippen molar-refractivity contribution in [2.75, 3.05) is 0 Å². The van der Waals surface area contributed by atoms with Gasteiger partial charge in [0.2, 0.25) is 0 Å². The van der Waals surface area contributed by atoms with E-state index in [1.54, 1.807) is 6.20 Å². The molecule has 2 aromatic carbocycles. The van der Waals surface area contributed by atoms with Gasteiger partial charge in [0.15, 0.2) is 0 Å². The Kier molecular flexibility index (Phi) is 2.88. The zero-order valence-electron chi connectivity index (χ0n) is 10.7. The van der Waals surface area contributed by atoms with Crippen molar-refractivity contribution in [3.05, 3.63) is 70.6 Å². The zero-order valence-corrected chi connectivity index (χ0v) is 10.7. The molecule has 0 bridgehead atoms. The number of nitrogens with zero attached hydrogens (tertiary/aromatic N) is 2. The molecule has 3 rings (SSSR count). The van der Waals surface area contributed by atoms with Crippen molar-refractivity contribution in [1.82, 2.24) is 9.78 Å². The summed E-state index contributed by atoms with van der Waals surface area (Å²) >= 11 is 0.